The van der Waals surface area contributed by atoms with Crippen LogP contribution in [0.5, 0.6) is 0 Å². The van der Waals surface area contributed by atoms with Crippen molar-refractivity contribution in [1.29, 1.82) is 0 Å². The van der Waals surface area contributed by atoms with E-state index in [9.17, 15) is 5.11 Å². The molecule has 2 unspecified atom stereocenters. The van der Waals surface area contributed by atoms with E-state index >= 15 is 0 Å². The van der Waals surface area contributed by atoms with Crippen LogP contribution in [0.15, 0.2) is 11.1 Å². The van der Waals surface area contributed by atoms with Crippen LogP contribution >= 0.6 is 0 Å². The van der Waals surface area contributed by atoms with Gasteiger partial charge in [-0.2, -0.15) is 0 Å². The second-order valence-electron chi connectivity index (χ2n) is 6.73. The molecule has 0 radical (unpaired) electrons. The Bertz CT molecular complexity index is 309. The van der Waals surface area contributed by atoms with Gasteiger partial charge in [-0.25, -0.2) is 0 Å². The molecule has 0 spiro atoms. The van der Waals surface area contributed by atoms with Gasteiger partial charge in [-0.15, -0.1) is 0 Å². The predicted octanol–water partition coefficient (Wildman–Crippen LogP) is 4.06. The molecule has 3 atom stereocenters. The van der Waals surface area contributed by atoms with E-state index in [4.69, 9.17) is 0 Å². The van der Waals surface area contributed by atoms with Crippen molar-refractivity contribution in [2.75, 3.05) is 0 Å². The van der Waals surface area contributed by atoms with Crippen LogP contribution in [0.3, 0.4) is 0 Å². The minimum atomic E-state index is -0.436. The summed E-state index contributed by atoms with van der Waals surface area (Å²) in [6, 6.07) is 0. The van der Waals surface area contributed by atoms with Crippen LogP contribution < -0.4 is 0 Å². The van der Waals surface area contributed by atoms with Gasteiger partial charge >= 0.3 is 0 Å². The number of rotatable bonds is 0. The first-order valence-electron chi connectivity index (χ1n) is 6.73. The summed E-state index contributed by atoms with van der Waals surface area (Å²) in [5, 5.41) is 10.6. The summed E-state index contributed by atoms with van der Waals surface area (Å²) in [7, 11) is 0. The molecule has 1 heteroatoms. The largest absolute Gasteiger partial charge is 0.390 e. The van der Waals surface area contributed by atoms with Gasteiger partial charge in [0, 0.05) is 0 Å². The van der Waals surface area contributed by atoms with Gasteiger partial charge in [0.2, 0.25) is 0 Å². The first kappa shape index (κ1) is 12.2. The molecule has 0 aromatic heterocycles. The average molecular weight is 222 g/mol. The van der Waals surface area contributed by atoms with Gasteiger partial charge in [0.05, 0.1) is 5.60 Å². The van der Waals surface area contributed by atoms with E-state index in [1.807, 2.05) is 0 Å². The summed E-state index contributed by atoms with van der Waals surface area (Å²) in [5.41, 5.74) is 3.03. The maximum absolute atomic E-state index is 10.6. The van der Waals surface area contributed by atoms with E-state index in [2.05, 4.69) is 27.7 Å². The summed E-state index contributed by atoms with van der Waals surface area (Å²) in [5.74, 6) is 0.479. The van der Waals surface area contributed by atoms with Crippen molar-refractivity contribution < 1.29 is 5.11 Å². The zero-order valence-electron chi connectivity index (χ0n) is 11.3. The molecule has 1 nitrogen and oxygen atoms in total. The molecule has 1 N–H and O–H groups in total. The van der Waals surface area contributed by atoms with Gasteiger partial charge in [-0.3, -0.25) is 0 Å². The van der Waals surface area contributed by atoms with Gasteiger partial charge in [0.25, 0.3) is 0 Å². The first-order valence-corrected chi connectivity index (χ1v) is 6.73. The highest BCUT2D eigenvalue weighted by molar-refractivity contribution is 5.18. The van der Waals surface area contributed by atoms with Crippen molar-refractivity contribution in [1.82, 2.24) is 0 Å². The lowest BCUT2D eigenvalue weighted by molar-refractivity contribution is -0.105. The van der Waals surface area contributed by atoms with Crippen molar-refractivity contribution in [2.24, 2.45) is 11.3 Å². The Morgan fingerprint density at radius 3 is 2.50 bits per heavy atom. The third-order valence-electron chi connectivity index (χ3n) is 5.18. The topological polar surface area (TPSA) is 20.2 Å². The molecule has 0 aliphatic heterocycles. The summed E-state index contributed by atoms with van der Waals surface area (Å²) in [6.45, 7) is 8.89. The van der Waals surface area contributed by atoms with Crippen LogP contribution in [0.4, 0.5) is 0 Å². The van der Waals surface area contributed by atoms with Crippen LogP contribution in [0, 0.1) is 11.3 Å². The highest BCUT2D eigenvalue weighted by atomic mass is 16.3. The second-order valence-corrected chi connectivity index (χ2v) is 6.73. The zero-order valence-corrected chi connectivity index (χ0v) is 11.3. The fourth-order valence-corrected chi connectivity index (χ4v) is 3.95. The average Bonchev–Trinajstić information content (AvgIpc) is 2.15. The van der Waals surface area contributed by atoms with Crippen LogP contribution in [-0.2, 0) is 0 Å². The van der Waals surface area contributed by atoms with Crippen LogP contribution in [0.25, 0.3) is 0 Å². The normalized spacial score (nSPS) is 44.1. The molecule has 0 bridgehead atoms. The molecular weight excluding hydrogens is 196 g/mol. The van der Waals surface area contributed by atoms with Crippen LogP contribution in [0.2, 0.25) is 0 Å². The van der Waals surface area contributed by atoms with Gasteiger partial charge < -0.3 is 5.11 Å². The number of allylic oxidation sites excluding steroid dienone is 2. The summed E-state index contributed by atoms with van der Waals surface area (Å²) in [4.78, 5) is 0. The highest BCUT2D eigenvalue weighted by Gasteiger charge is 2.49. The number of aliphatic hydroxyl groups is 1. The molecule has 2 aliphatic rings. The predicted molar refractivity (Wildman–Crippen MR) is 68.3 cm³/mol. The molecule has 2 fully saturated rings. The Morgan fingerprint density at radius 1 is 1.19 bits per heavy atom. The third kappa shape index (κ3) is 1.95. The van der Waals surface area contributed by atoms with Crippen molar-refractivity contribution in [3.63, 3.8) is 0 Å². The molecular formula is C15H26O. The van der Waals surface area contributed by atoms with E-state index in [1.54, 1.807) is 5.57 Å². The number of fused-ring (bicyclic) bond motifs is 1. The Hall–Kier alpha value is -0.300. The van der Waals surface area contributed by atoms with E-state index in [0.29, 0.717) is 11.3 Å². The third-order valence-corrected chi connectivity index (χ3v) is 5.18. The summed E-state index contributed by atoms with van der Waals surface area (Å²) < 4.78 is 0. The van der Waals surface area contributed by atoms with Crippen molar-refractivity contribution in [3.8, 4) is 0 Å². The molecule has 2 rings (SSSR count). The Kier molecular flexibility index (Phi) is 2.94. The fourth-order valence-electron chi connectivity index (χ4n) is 3.95. The Balaban J connectivity index is 2.28. The first-order chi connectivity index (χ1) is 7.35. The van der Waals surface area contributed by atoms with Gasteiger partial charge in [-0.05, 0) is 64.2 Å². The van der Waals surface area contributed by atoms with Crippen LogP contribution in [-0.4, -0.2) is 10.7 Å². The molecule has 2 aliphatic carbocycles. The monoisotopic (exact) mass is 222 g/mol. The lowest BCUT2D eigenvalue weighted by atomic mass is 9.54. The standard InChI is InChI=1S/C15H26O/c1-11(2)12-6-9-14(3)7-5-8-15(4,16)13(14)10-12/h13,16H,5-10H2,1-4H3/t13?,14?,15-/m1/s1. The van der Waals surface area contributed by atoms with Gasteiger partial charge in [-0.1, -0.05) is 24.5 Å². The maximum Gasteiger partial charge on any atom is 0.0656 e. The lowest BCUT2D eigenvalue weighted by Gasteiger charge is -2.53. The van der Waals surface area contributed by atoms with Gasteiger partial charge in [0.15, 0.2) is 0 Å². The summed E-state index contributed by atoms with van der Waals surface area (Å²) in [6.07, 6.45) is 7.16. The van der Waals surface area contributed by atoms with E-state index in [-0.39, 0.29) is 0 Å². The van der Waals surface area contributed by atoms with Crippen molar-refractivity contribution in [2.45, 2.75) is 71.8 Å². The molecule has 0 aromatic carbocycles. The molecule has 0 saturated heterocycles. The fraction of sp³-hybridized carbons (Fsp3) is 0.867. The van der Waals surface area contributed by atoms with Crippen molar-refractivity contribution >= 4 is 0 Å². The quantitative estimate of drug-likeness (QED) is 0.613. The highest BCUT2D eigenvalue weighted by Crippen LogP contribution is 2.55. The smallest absolute Gasteiger partial charge is 0.0656 e. The Morgan fingerprint density at radius 2 is 1.88 bits per heavy atom. The SMILES string of the molecule is CC(C)=C1CCC2(C)CCC[C@@](C)(O)C2C1. The summed E-state index contributed by atoms with van der Waals surface area (Å²) >= 11 is 0. The Labute approximate surface area is 99.9 Å². The number of hydrogen-bond acceptors (Lipinski definition) is 1. The van der Waals surface area contributed by atoms with E-state index < -0.39 is 5.60 Å². The van der Waals surface area contributed by atoms with E-state index in [1.165, 1.54) is 31.3 Å². The van der Waals surface area contributed by atoms with Crippen molar-refractivity contribution in [3.05, 3.63) is 11.1 Å². The van der Waals surface area contributed by atoms with Gasteiger partial charge in [0.1, 0.15) is 0 Å². The lowest BCUT2D eigenvalue weighted by Crippen LogP contribution is -2.50. The molecule has 0 aromatic rings. The second kappa shape index (κ2) is 3.87. The number of hydrogen-bond donors (Lipinski definition) is 1. The molecule has 2 saturated carbocycles. The molecule has 0 heterocycles. The minimum absolute atomic E-state index is 0.390. The molecule has 0 amide bonds. The minimum Gasteiger partial charge on any atom is -0.390 e. The van der Waals surface area contributed by atoms with E-state index in [0.717, 1.165) is 12.8 Å². The molecule has 16 heavy (non-hydrogen) atoms. The zero-order chi connectivity index (χ0) is 12.0. The molecule has 92 valence electrons. The maximum atomic E-state index is 10.6. The van der Waals surface area contributed by atoms with Crippen LogP contribution in [0.1, 0.15) is 66.2 Å².